The molecular formula is C18H18N2OS. The van der Waals surface area contributed by atoms with Gasteiger partial charge in [-0.05, 0) is 25.1 Å². The summed E-state index contributed by atoms with van der Waals surface area (Å²) in [6.45, 7) is 2.43. The van der Waals surface area contributed by atoms with Crippen molar-refractivity contribution in [2.24, 2.45) is 0 Å². The second kappa shape index (κ2) is 6.28. The summed E-state index contributed by atoms with van der Waals surface area (Å²) in [5.74, 6) is 0.00707. The molecule has 0 spiro atoms. The number of rotatable bonds is 4. The molecule has 1 heterocycles. The van der Waals surface area contributed by atoms with Gasteiger partial charge in [0.05, 0.1) is 0 Å². The van der Waals surface area contributed by atoms with Crippen LogP contribution in [0.4, 0.5) is 0 Å². The van der Waals surface area contributed by atoms with Gasteiger partial charge < -0.3 is 9.88 Å². The number of aromatic nitrogens is 1. The number of hydrogen-bond acceptors (Lipinski definition) is 2. The minimum Gasteiger partial charge on any atom is -0.358 e. The summed E-state index contributed by atoms with van der Waals surface area (Å²) in [5.41, 5.74) is 2.34. The standard InChI is InChI=1S/C18H18N2OS/c1-13-7-9-14(10-8-13)22-17-11-20(12-18(21)19-2)16-6-4-3-5-15(16)17/h3-11H,12H2,1-2H3,(H,19,21). The molecular weight excluding hydrogens is 292 g/mol. The SMILES string of the molecule is CNC(=O)Cn1cc(Sc2ccc(C)cc2)c2ccccc21. The van der Waals surface area contributed by atoms with E-state index in [9.17, 15) is 4.79 Å². The summed E-state index contributed by atoms with van der Waals surface area (Å²) in [7, 11) is 1.66. The van der Waals surface area contributed by atoms with Crippen molar-refractivity contribution >= 4 is 28.6 Å². The van der Waals surface area contributed by atoms with E-state index < -0.39 is 0 Å². The minimum absolute atomic E-state index is 0.00707. The van der Waals surface area contributed by atoms with Crippen LogP contribution in [-0.4, -0.2) is 17.5 Å². The Balaban J connectivity index is 1.98. The van der Waals surface area contributed by atoms with Crippen LogP contribution < -0.4 is 5.32 Å². The first-order chi connectivity index (χ1) is 10.7. The first-order valence-corrected chi connectivity index (χ1v) is 8.02. The quantitative estimate of drug-likeness (QED) is 0.794. The van der Waals surface area contributed by atoms with Gasteiger partial charge in [-0.2, -0.15) is 0 Å². The van der Waals surface area contributed by atoms with Gasteiger partial charge in [0.1, 0.15) is 6.54 Å². The maximum Gasteiger partial charge on any atom is 0.239 e. The number of nitrogens with zero attached hydrogens (tertiary/aromatic N) is 1. The molecule has 2 aromatic carbocycles. The van der Waals surface area contributed by atoms with Gasteiger partial charge >= 0.3 is 0 Å². The van der Waals surface area contributed by atoms with E-state index in [4.69, 9.17) is 0 Å². The first-order valence-electron chi connectivity index (χ1n) is 7.20. The van der Waals surface area contributed by atoms with Gasteiger partial charge in [0, 0.05) is 33.9 Å². The second-order valence-corrected chi connectivity index (χ2v) is 6.34. The van der Waals surface area contributed by atoms with E-state index in [1.54, 1.807) is 18.8 Å². The lowest BCUT2D eigenvalue weighted by atomic mass is 10.2. The van der Waals surface area contributed by atoms with E-state index in [-0.39, 0.29) is 5.91 Å². The van der Waals surface area contributed by atoms with E-state index in [1.807, 2.05) is 16.7 Å². The summed E-state index contributed by atoms with van der Waals surface area (Å²) in [5, 5.41) is 3.85. The predicted octanol–water partition coefficient (Wildman–Crippen LogP) is 3.85. The molecule has 3 aromatic rings. The Morgan fingerprint density at radius 2 is 1.86 bits per heavy atom. The van der Waals surface area contributed by atoms with Crippen molar-refractivity contribution in [2.75, 3.05) is 7.05 Å². The molecule has 1 amide bonds. The fraction of sp³-hybridized carbons (Fsp3) is 0.167. The zero-order chi connectivity index (χ0) is 15.5. The van der Waals surface area contributed by atoms with Crippen LogP contribution >= 0.6 is 11.8 Å². The van der Waals surface area contributed by atoms with Crippen LogP contribution in [0.1, 0.15) is 5.56 Å². The summed E-state index contributed by atoms with van der Waals surface area (Å²) in [6, 6.07) is 16.7. The normalized spacial score (nSPS) is 10.8. The van der Waals surface area contributed by atoms with Crippen molar-refractivity contribution in [3.63, 3.8) is 0 Å². The molecule has 0 saturated heterocycles. The molecule has 0 saturated carbocycles. The number of para-hydroxylation sites is 1. The van der Waals surface area contributed by atoms with E-state index in [0.717, 1.165) is 5.52 Å². The molecule has 22 heavy (non-hydrogen) atoms. The van der Waals surface area contributed by atoms with Crippen molar-refractivity contribution in [3.8, 4) is 0 Å². The molecule has 3 rings (SSSR count). The van der Waals surface area contributed by atoms with Gasteiger partial charge in [-0.3, -0.25) is 4.79 Å². The smallest absolute Gasteiger partial charge is 0.239 e. The van der Waals surface area contributed by atoms with E-state index in [1.165, 1.54) is 20.7 Å². The molecule has 1 N–H and O–H groups in total. The van der Waals surface area contributed by atoms with Crippen LogP contribution in [-0.2, 0) is 11.3 Å². The fourth-order valence-corrected chi connectivity index (χ4v) is 3.38. The Bertz CT molecular complexity index is 806. The Hall–Kier alpha value is -2.20. The van der Waals surface area contributed by atoms with Crippen LogP contribution in [0.25, 0.3) is 10.9 Å². The van der Waals surface area contributed by atoms with Crippen LogP contribution in [0.3, 0.4) is 0 Å². The number of benzene rings is 2. The zero-order valence-electron chi connectivity index (χ0n) is 12.7. The first kappa shape index (κ1) is 14.7. The lowest BCUT2D eigenvalue weighted by Gasteiger charge is -2.03. The molecule has 0 fully saturated rings. The minimum atomic E-state index is 0.00707. The highest BCUT2D eigenvalue weighted by molar-refractivity contribution is 7.99. The number of likely N-dealkylation sites (N-methyl/N-ethyl adjacent to an activating group) is 1. The second-order valence-electron chi connectivity index (χ2n) is 5.23. The number of carbonyl (C=O) groups excluding carboxylic acids is 1. The number of hydrogen-bond donors (Lipinski definition) is 1. The Morgan fingerprint density at radius 1 is 1.14 bits per heavy atom. The average molecular weight is 310 g/mol. The fourth-order valence-electron chi connectivity index (χ4n) is 2.39. The highest BCUT2D eigenvalue weighted by atomic mass is 32.2. The summed E-state index contributed by atoms with van der Waals surface area (Å²) in [4.78, 5) is 14.1. The lowest BCUT2D eigenvalue weighted by molar-refractivity contribution is -0.121. The van der Waals surface area contributed by atoms with Crippen LogP contribution in [0.5, 0.6) is 0 Å². The molecule has 0 aliphatic heterocycles. The van der Waals surface area contributed by atoms with Crippen molar-refractivity contribution < 1.29 is 4.79 Å². The number of nitrogens with one attached hydrogen (secondary N) is 1. The third-order valence-electron chi connectivity index (χ3n) is 3.59. The zero-order valence-corrected chi connectivity index (χ0v) is 13.5. The van der Waals surface area contributed by atoms with Crippen molar-refractivity contribution in [1.29, 1.82) is 0 Å². The monoisotopic (exact) mass is 310 g/mol. The number of amides is 1. The van der Waals surface area contributed by atoms with Crippen molar-refractivity contribution in [2.45, 2.75) is 23.3 Å². The number of fused-ring (bicyclic) bond motifs is 1. The summed E-state index contributed by atoms with van der Waals surface area (Å²) >= 11 is 1.73. The van der Waals surface area contributed by atoms with Crippen LogP contribution in [0, 0.1) is 6.92 Å². The lowest BCUT2D eigenvalue weighted by Crippen LogP contribution is -2.22. The highest BCUT2D eigenvalue weighted by Gasteiger charge is 2.11. The molecule has 112 valence electrons. The molecule has 0 aliphatic carbocycles. The van der Waals surface area contributed by atoms with E-state index in [2.05, 4.69) is 54.8 Å². The number of carbonyl (C=O) groups is 1. The summed E-state index contributed by atoms with van der Waals surface area (Å²) < 4.78 is 2.00. The Labute approximate surface area is 134 Å². The van der Waals surface area contributed by atoms with Gasteiger partial charge in [-0.25, -0.2) is 0 Å². The molecule has 0 radical (unpaired) electrons. The largest absolute Gasteiger partial charge is 0.358 e. The maximum atomic E-state index is 11.7. The van der Waals surface area contributed by atoms with E-state index in [0.29, 0.717) is 6.54 Å². The van der Waals surface area contributed by atoms with Gasteiger partial charge in [-0.1, -0.05) is 47.7 Å². The van der Waals surface area contributed by atoms with Gasteiger partial charge in [-0.15, -0.1) is 0 Å². The number of aryl methyl sites for hydroxylation is 1. The van der Waals surface area contributed by atoms with Gasteiger partial charge in [0.2, 0.25) is 5.91 Å². The Kier molecular flexibility index (Phi) is 4.20. The summed E-state index contributed by atoms with van der Waals surface area (Å²) in [6.07, 6.45) is 2.06. The molecule has 3 nitrogen and oxygen atoms in total. The predicted molar refractivity (Wildman–Crippen MR) is 91.3 cm³/mol. The molecule has 1 aromatic heterocycles. The van der Waals surface area contributed by atoms with Gasteiger partial charge in [0.25, 0.3) is 0 Å². The van der Waals surface area contributed by atoms with Crippen molar-refractivity contribution in [1.82, 2.24) is 9.88 Å². The molecule has 0 aliphatic rings. The topological polar surface area (TPSA) is 34.0 Å². The van der Waals surface area contributed by atoms with Gasteiger partial charge in [0.15, 0.2) is 0 Å². The molecule has 0 bridgehead atoms. The van der Waals surface area contributed by atoms with E-state index >= 15 is 0 Å². The maximum absolute atomic E-state index is 11.7. The molecule has 0 unspecified atom stereocenters. The highest BCUT2D eigenvalue weighted by Crippen LogP contribution is 2.35. The molecule has 0 atom stereocenters. The Morgan fingerprint density at radius 3 is 2.59 bits per heavy atom. The van der Waals surface area contributed by atoms with Crippen LogP contribution in [0.2, 0.25) is 0 Å². The molecule has 4 heteroatoms. The van der Waals surface area contributed by atoms with Crippen LogP contribution in [0.15, 0.2) is 64.5 Å². The average Bonchev–Trinajstić information content (AvgIpc) is 2.87. The van der Waals surface area contributed by atoms with Crippen molar-refractivity contribution in [3.05, 3.63) is 60.3 Å². The third kappa shape index (κ3) is 3.02. The third-order valence-corrected chi connectivity index (χ3v) is 4.65.